The Labute approximate surface area is 321 Å². The van der Waals surface area contributed by atoms with Crippen molar-refractivity contribution in [2.75, 3.05) is 0 Å². The number of fused-ring (bicyclic) bond motifs is 14. The molecule has 0 atom stereocenters. The van der Waals surface area contributed by atoms with Gasteiger partial charge in [-0.1, -0.05) is 164 Å². The Balaban J connectivity index is 1.39. The first kappa shape index (κ1) is 30.8. The Kier molecular flexibility index (Phi) is 6.56. The minimum absolute atomic E-state index is 0.623. The number of aromatic nitrogens is 5. The van der Waals surface area contributed by atoms with E-state index in [1.54, 1.807) is 0 Å². The molecular weight excluding hydrogens is 683 g/mol. The molecule has 0 N–H and O–H groups in total. The molecule has 5 nitrogen and oxygen atoms in total. The van der Waals surface area contributed by atoms with Crippen LogP contribution in [0.2, 0.25) is 0 Å². The molecule has 3 aromatic heterocycles. The van der Waals surface area contributed by atoms with Crippen LogP contribution in [0.3, 0.4) is 0 Å². The maximum atomic E-state index is 5.71. The van der Waals surface area contributed by atoms with E-state index in [1.807, 2.05) is 6.07 Å². The fourth-order valence-corrected chi connectivity index (χ4v) is 8.97. The molecule has 0 bridgehead atoms. The van der Waals surface area contributed by atoms with E-state index in [0.29, 0.717) is 5.95 Å². The van der Waals surface area contributed by atoms with E-state index in [9.17, 15) is 0 Å². The summed E-state index contributed by atoms with van der Waals surface area (Å²) in [6.45, 7) is 0. The lowest BCUT2D eigenvalue weighted by Crippen LogP contribution is -2.04. The maximum absolute atomic E-state index is 5.71. The van der Waals surface area contributed by atoms with E-state index in [1.165, 1.54) is 21.5 Å². The minimum atomic E-state index is 0.623. The summed E-state index contributed by atoms with van der Waals surface area (Å²) in [5.41, 5.74) is 9.03. The normalized spacial score (nSPS) is 11.9. The largest absolute Gasteiger partial charge is 0.292 e. The van der Waals surface area contributed by atoms with Crippen LogP contribution in [0.25, 0.3) is 110 Å². The van der Waals surface area contributed by atoms with Gasteiger partial charge in [0, 0.05) is 43.7 Å². The molecule has 0 fully saturated rings. The molecule has 0 aliphatic heterocycles. The monoisotopic (exact) mass is 713 g/mol. The van der Waals surface area contributed by atoms with Crippen molar-refractivity contribution in [2.24, 2.45) is 0 Å². The quantitative estimate of drug-likeness (QED) is 0.171. The van der Waals surface area contributed by atoms with Crippen molar-refractivity contribution < 1.29 is 0 Å². The van der Waals surface area contributed by atoms with Crippen LogP contribution in [0.1, 0.15) is 0 Å². The van der Waals surface area contributed by atoms with E-state index >= 15 is 0 Å². The van der Waals surface area contributed by atoms with Crippen molar-refractivity contribution >= 4 is 76.1 Å². The molecule has 3 heterocycles. The summed E-state index contributed by atoms with van der Waals surface area (Å²) < 4.78 is 4.68. The first-order valence-electron chi connectivity index (χ1n) is 19.0. The molecule has 0 saturated carbocycles. The predicted octanol–water partition coefficient (Wildman–Crippen LogP) is 12.9. The molecule has 260 valence electrons. The molecule has 0 aliphatic carbocycles. The van der Waals surface area contributed by atoms with E-state index in [-0.39, 0.29) is 0 Å². The van der Waals surface area contributed by atoms with Crippen molar-refractivity contribution in [3.05, 3.63) is 188 Å². The number of nitrogens with zero attached hydrogens (tertiary/aromatic N) is 5. The molecule has 12 rings (SSSR count). The Morgan fingerprint density at radius 2 is 0.857 bits per heavy atom. The highest BCUT2D eigenvalue weighted by atomic mass is 15.2. The standard InChI is InChI=1S/C51H31N5/c1-4-18-32(19-5-1)46-39-28-14-16-30-41(39)52-51(54-46)56-42-31-17-15-29-40(42)45-47-49(55(34-22-8-3-9-23-34)50(53-47)33-20-6-2-7-21-33)44-38-27-13-11-25-36(38)35-24-10-12-26-37(35)43(44)48(45)56/h1-31H. The van der Waals surface area contributed by atoms with Gasteiger partial charge in [-0.25, -0.2) is 15.0 Å². The van der Waals surface area contributed by atoms with Gasteiger partial charge in [0.15, 0.2) is 0 Å². The van der Waals surface area contributed by atoms with Gasteiger partial charge in [-0.3, -0.25) is 9.13 Å². The average Bonchev–Trinajstić information content (AvgIpc) is 3.84. The number of hydrogen-bond acceptors (Lipinski definition) is 3. The highest BCUT2D eigenvalue weighted by molar-refractivity contribution is 6.41. The summed E-state index contributed by atoms with van der Waals surface area (Å²) in [4.78, 5) is 16.6. The molecule has 0 spiro atoms. The number of rotatable bonds is 4. The molecule has 0 amide bonds. The molecule has 0 saturated heterocycles. The van der Waals surface area contributed by atoms with E-state index < -0.39 is 0 Å². The van der Waals surface area contributed by atoms with Gasteiger partial charge in [-0.15, -0.1) is 0 Å². The Morgan fingerprint density at radius 3 is 1.54 bits per heavy atom. The molecule has 12 aromatic rings. The van der Waals surface area contributed by atoms with E-state index in [4.69, 9.17) is 15.0 Å². The molecular formula is C51H31N5. The van der Waals surface area contributed by atoms with Crippen LogP contribution in [0.15, 0.2) is 188 Å². The highest BCUT2D eigenvalue weighted by Gasteiger charge is 2.28. The van der Waals surface area contributed by atoms with Crippen molar-refractivity contribution in [1.82, 2.24) is 24.1 Å². The van der Waals surface area contributed by atoms with Crippen molar-refractivity contribution in [3.8, 4) is 34.3 Å². The zero-order valence-electron chi connectivity index (χ0n) is 30.1. The summed E-state index contributed by atoms with van der Waals surface area (Å²) in [7, 11) is 0. The van der Waals surface area contributed by atoms with E-state index in [2.05, 4.69) is 191 Å². The Hall–Kier alpha value is -7.63. The molecule has 0 radical (unpaired) electrons. The molecule has 56 heavy (non-hydrogen) atoms. The van der Waals surface area contributed by atoms with Gasteiger partial charge in [0.25, 0.3) is 0 Å². The summed E-state index contributed by atoms with van der Waals surface area (Å²) in [6.07, 6.45) is 0. The topological polar surface area (TPSA) is 48.5 Å². The van der Waals surface area contributed by atoms with Gasteiger partial charge in [0.2, 0.25) is 5.95 Å². The second-order valence-corrected chi connectivity index (χ2v) is 14.3. The second-order valence-electron chi connectivity index (χ2n) is 14.3. The molecule has 5 heteroatoms. The van der Waals surface area contributed by atoms with Gasteiger partial charge in [-0.05, 0) is 45.8 Å². The van der Waals surface area contributed by atoms with Crippen molar-refractivity contribution in [2.45, 2.75) is 0 Å². The van der Waals surface area contributed by atoms with E-state index in [0.717, 1.165) is 82.8 Å². The summed E-state index contributed by atoms with van der Waals surface area (Å²) in [6, 6.07) is 66.3. The summed E-state index contributed by atoms with van der Waals surface area (Å²) >= 11 is 0. The zero-order chi connectivity index (χ0) is 36.7. The third kappa shape index (κ3) is 4.34. The number of hydrogen-bond donors (Lipinski definition) is 0. The molecule has 0 unspecified atom stereocenters. The first-order chi connectivity index (χ1) is 27.8. The number of para-hydroxylation sites is 3. The van der Waals surface area contributed by atoms with Gasteiger partial charge >= 0.3 is 0 Å². The van der Waals surface area contributed by atoms with Crippen LogP contribution >= 0.6 is 0 Å². The number of benzene rings is 9. The van der Waals surface area contributed by atoms with Crippen molar-refractivity contribution in [3.63, 3.8) is 0 Å². The Bertz CT molecular complexity index is 3510. The fourth-order valence-electron chi connectivity index (χ4n) is 8.97. The number of imidazole rings is 1. The fraction of sp³-hybridized carbons (Fsp3) is 0. The lowest BCUT2D eigenvalue weighted by molar-refractivity contribution is 1.02. The summed E-state index contributed by atoms with van der Waals surface area (Å²) in [5.74, 6) is 1.51. The second kappa shape index (κ2) is 11.9. The van der Waals surface area contributed by atoms with Gasteiger partial charge in [-0.2, -0.15) is 0 Å². The van der Waals surface area contributed by atoms with Gasteiger partial charge in [0.1, 0.15) is 11.3 Å². The third-order valence-electron chi connectivity index (χ3n) is 11.3. The van der Waals surface area contributed by atoms with Gasteiger partial charge in [0.05, 0.1) is 27.8 Å². The van der Waals surface area contributed by atoms with Gasteiger partial charge < -0.3 is 0 Å². The predicted molar refractivity (Wildman–Crippen MR) is 232 cm³/mol. The average molecular weight is 714 g/mol. The SMILES string of the molecule is c1ccc(-c2nc(-n3c4ccccc4c4c5nc(-c6ccccc6)n(-c6ccccc6)c5c5c6ccccc6c6ccccc6c5c43)nc3ccccc23)cc1. The molecule has 9 aromatic carbocycles. The van der Waals surface area contributed by atoms with Crippen LogP contribution in [0.5, 0.6) is 0 Å². The highest BCUT2D eigenvalue weighted by Crippen LogP contribution is 2.49. The lowest BCUT2D eigenvalue weighted by Gasteiger charge is -2.17. The van der Waals surface area contributed by atoms with Crippen LogP contribution < -0.4 is 0 Å². The minimum Gasteiger partial charge on any atom is -0.292 e. The molecule has 0 aliphatic rings. The van der Waals surface area contributed by atoms with Crippen LogP contribution in [-0.4, -0.2) is 24.1 Å². The van der Waals surface area contributed by atoms with Crippen LogP contribution in [0, 0.1) is 0 Å². The van der Waals surface area contributed by atoms with Crippen LogP contribution in [0.4, 0.5) is 0 Å². The Morgan fingerprint density at radius 1 is 0.339 bits per heavy atom. The first-order valence-corrected chi connectivity index (χ1v) is 19.0. The maximum Gasteiger partial charge on any atom is 0.235 e. The zero-order valence-corrected chi connectivity index (χ0v) is 30.1. The van der Waals surface area contributed by atoms with Crippen molar-refractivity contribution in [1.29, 1.82) is 0 Å². The summed E-state index contributed by atoms with van der Waals surface area (Å²) in [5, 5.41) is 10.2. The lowest BCUT2D eigenvalue weighted by atomic mass is 9.91. The van der Waals surface area contributed by atoms with Crippen LogP contribution in [-0.2, 0) is 0 Å². The third-order valence-corrected chi connectivity index (χ3v) is 11.3. The smallest absolute Gasteiger partial charge is 0.235 e.